The topological polar surface area (TPSA) is 46.3 Å². The molecule has 0 unspecified atom stereocenters. The van der Waals surface area contributed by atoms with Crippen LogP contribution in [0.2, 0.25) is 0 Å². The third-order valence-corrected chi connectivity index (χ3v) is 4.98. The van der Waals surface area contributed by atoms with Crippen molar-refractivity contribution < 1.29 is 4.79 Å². The standard InChI is InChI=1S/C16H23BrN2O/c1-11-9-13(3-5-15(11)17)4-6-16(20)19-8-7-14(18)10-12(19)2/h3,5,9,12,14H,4,6-8,10,18H2,1-2H3/t12-,14+/m0/s1. The lowest BCUT2D eigenvalue weighted by molar-refractivity contribution is -0.134. The van der Waals surface area contributed by atoms with Gasteiger partial charge in [0.2, 0.25) is 5.91 Å². The number of amides is 1. The van der Waals surface area contributed by atoms with Gasteiger partial charge in [0.15, 0.2) is 0 Å². The van der Waals surface area contributed by atoms with Gasteiger partial charge in [0, 0.05) is 29.5 Å². The molecule has 2 rings (SSSR count). The Morgan fingerprint density at radius 1 is 1.50 bits per heavy atom. The first-order chi connectivity index (χ1) is 9.47. The van der Waals surface area contributed by atoms with Crippen LogP contribution in [0.3, 0.4) is 0 Å². The van der Waals surface area contributed by atoms with E-state index in [0.29, 0.717) is 6.42 Å². The molecule has 20 heavy (non-hydrogen) atoms. The molecule has 110 valence electrons. The third kappa shape index (κ3) is 3.83. The van der Waals surface area contributed by atoms with Crippen molar-refractivity contribution in [2.45, 2.75) is 51.6 Å². The fraction of sp³-hybridized carbons (Fsp3) is 0.562. The second-order valence-electron chi connectivity index (χ2n) is 5.80. The molecule has 1 saturated heterocycles. The van der Waals surface area contributed by atoms with E-state index in [1.807, 2.05) is 4.90 Å². The van der Waals surface area contributed by atoms with Gasteiger partial charge in [-0.1, -0.05) is 28.1 Å². The third-order valence-electron chi connectivity index (χ3n) is 4.09. The van der Waals surface area contributed by atoms with Crippen LogP contribution in [0.1, 0.15) is 37.3 Å². The summed E-state index contributed by atoms with van der Waals surface area (Å²) < 4.78 is 1.12. The molecule has 3 nitrogen and oxygen atoms in total. The summed E-state index contributed by atoms with van der Waals surface area (Å²) in [5, 5.41) is 0. The highest BCUT2D eigenvalue weighted by molar-refractivity contribution is 9.10. The van der Waals surface area contributed by atoms with E-state index < -0.39 is 0 Å². The Morgan fingerprint density at radius 3 is 2.90 bits per heavy atom. The molecule has 1 aromatic rings. The Hall–Kier alpha value is -0.870. The van der Waals surface area contributed by atoms with E-state index in [0.717, 1.165) is 30.3 Å². The van der Waals surface area contributed by atoms with E-state index in [-0.39, 0.29) is 18.0 Å². The Bertz CT molecular complexity index is 489. The minimum absolute atomic E-state index is 0.253. The number of nitrogens with two attached hydrogens (primary N) is 1. The van der Waals surface area contributed by atoms with Crippen molar-refractivity contribution in [3.05, 3.63) is 33.8 Å². The van der Waals surface area contributed by atoms with Crippen molar-refractivity contribution in [1.29, 1.82) is 0 Å². The molecule has 1 heterocycles. The number of hydrogen-bond donors (Lipinski definition) is 1. The van der Waals surface area contributed by atoms with Gasteiger partial charge in [0.05, 0.1) is 0 Å². The van der Waals surface area contributed by atoms with Crippen LogP contribution >= 0.6 is 15.9 Å². The first-order valence-corrected chi connectivity index (χ1v) is 8.06. The van der Waals surface area contributed by atoms with Crippen LogP contribution in [0.15, 0.2) is 22.7 Å². The minimum atomic E-state index is 0.253. The molecule has 0 saturated carbocycles. The maximum Gasteiger partial charge on any atom is 0.223 e. The van der Waals surface area contributed by atoms with Crippen molar-refractivity contribution in [3.63, 3.8) is 0 Å². The van der Waals surface area contributed by atoms with Gasteiger partial charge < -0.3 is 10.6 Å². The summed E-state index contributed by atoms with van der Waals surface area (Å²) >= 11 is 3.50. The van der Waals surface area contributed by atoms with Crippen molar-refractivity contribution in [2.75, 3.05) is 6.54 Å². The predicted molar refractivity (Wildman–Crippen MR) is 85.6 cm³/mol. The zero-order valence-corrected chi connectivity index (χ0v) is 13.8. The zero-order valence-electron chi connectivity index (χ0n) is 12.2. The molecule has 1 aromatic carbocycles. The number of halogens is 1. The monoisotopic (exact) mass is 338 g/mol. The highest BCUT2D eigenvalue weighted by Crippen LogP contribution is 2.20. The highest BCUT2D eigenvalue weighted by atomic mass is 79.9. The summed E-state index contributed by atoms with van der Waals surface area (Å²) in [4.78, 5) is 14.3. The Morgan fingerprint density at radius 2 is 2.25 bits per heavy atom. The molecule has 2 N–H and O–H groups in total. The number of hydrogen-bond acceptors (Lipinski definition) is 2. The van der Waals surface area contributed by atoms with Gasteiger partial charge in [-0.2, -0.15) is 0 Å². The van der Waals surface area contributed by atoms with Crippen LogP contribution < -0.4 is 5.73 Å². The molecule has 0 radical (unpaired) electrons. The first-order valence-electron chi connectivity index (χ1n) is 7.27. The van der Waals surface area contributed by atoms with Gasteiger partial charge in [0.1, 0.15) is 0 Å². The lowest BCUT2D eigenvalue weighted by Crippen LogP contribution is -2.48. The van der Waals surface area contributed by atoms with Crippen molar-refractivity contribution in [3.8, 4) is 0 Å². The van der Waals surface area contributed by atoms with Crippen LogP contribution in [0.25, 0.3) is 0 Å². The molecule has 4 heteroatoms. The molecular weight excluding hydrogens is 316 g/mol. The second-order valence-corrected chi connectivity index (χ2v) is 6.66. The quantitative estimate of drug-likeness (QED) is 0.920. The van der Waals surface area contributed by atoms with E-state index in [9.17, 15) is 4.79 Å². The van der Waals surface area contributed by atoms with Gasteiger partial charge in [-0.15, -0.1) is 0 Å². The van der Waals surface area contributed by atoms with Crippen molar-refractivity contribution >= 4 is 21.8 Å². The lowest BCUT2D eigenvalue weighted by atomic mass is 9.98. The molecule has 2 atom stereocenters. The maximum atomic E-state index is 12.3. The fourth-order valence-electron chi connectivity index (χ4n) is 2.84. The number of nitrogens with zero attached hydrogens (tertiary/aromatic N) is 1. The molecular formula is C16H23BrN2O. The predicted octanol–water partition coefficient (Wildman–Crippen LogP) is 3.03. The summed E-state index contributed by atoms with van der Waals surface area (Å²) in [5.41, 5.74) is 8.38. The van der Waals surface area contributed by atoms with Crippen LogP contribution in [-0.2, 0) is 11.2 Å². The van der Waals surface area contributed by atoms with Gasteiger partial charge in [0.25, 0.3) is 0 Å². The molecule has 1 aliphatic heterocycles. The van der Waals surface area contributed by atoms with Crippen LogP contribution in [0.5, 0.6) is 0 Å². The van der Waals surface area contributed by atoms with Crippen LogP contribution in [0, 0.1) is 6.92 Å². The summed E-state index contributed by atoms with van der Waals surface area (Å²) in [5.74, 6) is 0.255. The van der Waals surface area contributed by atoms with E-state index in [1.165, 1.54) is 11.1 Å². The summed E-state index contributed by atoms with van der Waals surface area (Å²) in [6.45, 7) is 4.98. The normalized spacial score (nSPS) is 22.9. The lowest BCUT2D eigenvalue weighted by Gasteiger charge is -2.36. The van der Waals surface area contributed by atoms with Gasteiger partial charge >= 0.3 is 0 Å². The van der Waals surface area contributed by atoms with Crippen molar-refractivity contribution in [1.82, 2.24) is 4.90 Å². The molecule has 1 aliphatic rings. The van der Waals surface area contributed by atoms with Gasteiger partial charge in [-0.25, -0.2) is 0 Å². The number of rotatable bonds is 3. The first kappa shape index (κ1) is 15.5. The minimum Gasteiger partial charge on any atom is -0.340 e. The highest BCUT2D eigenvalue weighted by Gasteiger charge is 2.26. The average Bonchev–Trinajstić information content (AvgIpc) is 2.40. The number of benzene rings is 1. The second kappa shape index (κ2) is 6.72. The molecule has 0 spiro atoms. The number of likely N-dealkylation sites (tertiary alicyclic amines) is 1. The van der Waals surface area contributed by atoms with E-state index in [4.69, 9.17) is 5.73 Å². The Balaban J connectivity index is 1.90. The van der Waals surface area contributed by atoms with Crippen LogP contribution in [-0.4, -0.2) is 29.4 Å². The summed E-state index contributed by atoms with van der Waals surface area (Å²) in [6, 6.07) is 6.81. The van der Waals surface area contributed by atoms with Gasteiger partial charge in [-0.05, 0) is 50.3 Å². The molecule has 0 bridgehead atoms. The van der Waals surface area contributed by atoms with Crippen molar-refractivity contribution in [2.24, 2.45) is 5.73 Å². The molecule has 0 aliphatic carbocycles. The fourth-order valence-corrected chi connectivity index (χ4v) is 3.08. The SMILES string of the molecule is Cc1cc(CCC(=O)N2CC[C@@H](N)C[C@@H]2C)ccc1Br. The Labute approximate surface area is 129 Å². The maximum absolute atomic E-state index is 12.3. The van der Waals surface area contributed by atoms with E-state index in [2.05, 4.69) is 48.0 Å². The van der Waals surface area contributed by atoms with Crippen LogP contribution in [0.4, 0.5) is 0 Å². The number of carbonyl (C=O) groups excluding carboxylic acids is 1. The Kier molecular flexibility index (Phi) is 5.22. The summed E-state index contributed by atoms with van der Waals surface area (Å²) in [6.07, 6.45) is 3.24. The van der Waals surface area contributed by atoms with E-state index in [1.54, 1.807) is 0 Å². The number of carbonyl (C=O) groups is 1. The molecule has 1 amide bonds. The summed E-state index contributed by atoms with van der Waals surface area (Å²) in [7, 11) is 0. The largest absolute Gasteiger partial charge is 0.340 e. The average molecular weight is 339 g/mol. The molecule has 0 aromatic heterocycles. The number of piperidine rings is 1. The molecule has 1 fully saturated rings. The van der Waals surface area contributed by atoms with Gasteiger partial charge in [-0.3, -0.25) is 4.79 Å². The number of aryl methyl sites for hydroxylation is 2. The smallest absolute Gasteiger partial charge is 0.223 e. The zero-order chi connectivity index (χ0) is 14.7. The van der Waals surface area contributed by atoms with E-state index >= 15 is 0 Å².